The third kappa shape index (κ3) is 3.28. The van der Waals surface area contributed by atoms with Crippen LogP contribution in [0.25, 0.3) is 0 Å². The number of hydrogen-bond donors (Lipinski definition) is 1. The molecule has 0 unspecified atom stereocenters. The summed E-state index contributed by atoms with van der Waals surface area (Å²) in [4.78, 5) is 0. The van der Waals surface area contributed by atoms with Gasteiger partial charge in [0.25, 0.3) is 0 Å². The molecule has 1 aliphatic heterocycles. The maximum absolute atomic E-state index is 5.39. The van der Waals surface area contributed by atoms with Gasteiger partial charge in [0.05, 0.1) is 12.8 Å². The first-order valence-corrected chi connectivity index (χ1v) is 6.83. The summed E-state index contributed by atoms with van der Waals surface area (Å²) in [5.74, 6) is 4.64. The highest BCUT2D eigenvalue weighted by Crippen LogP contribution is 2.22. The van der Waals surface area contributed by atoms with E-state index in [1.54, 1.807) is 6.26 Å². The lowest BCUT2D eigenvalue weighted by Gasteiger charge is -2.21. The molecular weight excluding hydrogens is 206 g/mol. The Kier molecular flexibility index (Phi) is 4.15. The minimum Gasteiger partial charge on any atom is -0.468 e. The van der Waals surface area contributed by atoms with Crippen LogP contribution < -0.4 is 5.32 Å². The van der Waals surface area contributed by atoms with Gasteiger partial charge in [0, 0.05) is 0 Å². The van der Waals surface area contributed by atoms with E-state index in [9.17, 15) is 0 Å². The largest absolute Gasteiger partial charge is 0.468 e. The van der Waals surface area contributed by atoms with Crippen molar-refractivity contribution >= 4 is 11.8 Å². The highest BCUT2D eigenvalue weighted by Gasteiger charge is 2.13. The van der Waals surface area contributed by atoms with Crippen molar-refractivity contribution in [2.45, 2.75) is 26.3 Å². The fraction of sp³-hybridized carbons (Fsp3) is 0.667. The normalized spacial score (nSPS) is 18.2. The molecule has 1 aromatic heterocycles. The molecule has 2 heterocycles. The first kappa shape index (κ1) is 11.1. The van der Waals surface area contributed by atoms with Gasteiger partial charge in [-0.1, -0.05) is 0 Å². The summed E-state index contributed by atoms with van der Waals surface area (Å²) in [6.07, 6.45) is 4.51. The SMILES string of the molecule is Cc1ccoc1CNCC1CCSCC1. The van der Waals surface area contributed by atoms with E-state index < -0.39 is 0 Å². The Morgan fingerprint density at radius 3 is 2.93 bits per heavy atom. The van der Waals surface area contributed by atoms with Gasteiger partial charge in [-0.15, -0.1) is 0 Å². The Labute approximate surface area is 95.8 Å². The average molecular weight is 225 g/mol. The summed E-state index contributed by atoms with van der Waals surface area (Å²) >= 11 is 2.09. The van der Waals surface area contributed by atoms with Crippen LogP contribution in [0.3, 0.4) is 0 Å². The van der Waals surface area contributed by atoms with Gasteiger partial charge in [0.1, 0.15) is 5.76 Å². The van der Waals surface area contributed by atoms with Crippen LogP contribution in [0.15, 0.2) is 16.7 Å². The second kappa shape index (κ2) is 5.61. The van der Waals surface area contributed by atoms with Crippen LogP contribution >= 0.6 is 11.8 Å². The monoisotopic (exact) mass is 225 g/mol. The Morgan fingerprint density at radius 2 is 2.27 bits per heavy atom. The smallest absolute Gasteiger partial charge is 0.120 e. The summed E-state index contributed by atoms with van der Waals surface area (Å²) in [7, 11) is 0. The lowest BCUT2D eigenvalue weighted by molar-refractivity contribution is 0.420. The van der Waals surface area contributed by atoms with Crippen molar-refractivity contribution < 1.29 is 4.42 Å². The van der Waals surface area contributed by atoms with Crippen LogP contribution in [0.5, 0.6) is 0 Å². The van der Waals surface area contributed by atoms with Crippen molar-refractivity contribution in [2.24, 2.45) is 5.92 Å². The van der Waals surface area contributed by atoms with Crippen molar-refractivity contribution in [3.05, 3.63) is 23.7 Å². The maximum atomic E-state index is 5.39. The van der Waals surface area contributed by atoms with Crippen LogP contribution in [-0.4, -0.2) is 18.1 Å². The topological polar surface area (TPSA) is 25.2 Å². The van der Waals surface area contributed by atoms with Gasteiger partial charge in [-0.25, -0.2) is 0 Å². The summed E-state index contributed by atoms with van der Waals surface area (Å²) < 4.78 is 5.39. The van der Waals surface area contributed by atoms with Crippen molar-refractivity contribution in [3.8, 4) is 0 Å². The molecule has 0 amide bonds. The van der Waals surface area contributed by atoms with Crippen molar-refractivity contribution in [2.75, 3.05) is 18.1 Å². The van der Waals surface area contributed by atoms with Crippen molar-refractivity contribution in [3.63, 3.8) is 0 Å². The molecule has 0 spiro atoms. The molecule has 1 aliphatic rings. The second-order valence-electron chi connectivity index (χ2n) is 4.21. The zero-order chi connectivity index (χ0) is 10.5. The van der Waals surface area contributed by atoms with E-state index in [2.05, 4.69) is 24.0 Å². The van der Waals surface area contributed by atoms with Gasteiger partial charge in [-0.2, -0.15) is 11.8 Å². The molecule has 3 heteroatoms. The van der Waals surface area contributed by atoms with Crippen LogP contribution in [-0.2, 0) is 6.54 Å². The first-order chi connectivity index (χ1) is 7.36. The van der Waals surface area contributed by atoms with Crippen molar-refractivity contribution in [1.29, 1.82) is 0 Å². The fourth-order valence-corrected chi connectivity index (χ4v) is 3.13. The molecule has 84 valence electrons. The average Bonchev–Trinajstić information content (AvgIpc) is 2.66. The Hall–Kier alpha value is -0.410. The molecule has 0 atom stereocenters. The highest BCUT2D eigenvalue weighted by atomic mass is 32.2. The lowest BCUT2D eigenvalue weighted by Crippen LogP contribution is -2.25. The number of nitrogens with one attached hydrogen (secondary N) is 1. The third-order valence-corrected chi connectivity index (χ3v) is 4.08. The van der Waals surface area contributed by atoms with E-state index in [0.29, 0.717) is 0 Å². The van der Waals surface area contributed by atoms with Crippen LogP contribution in [0.4, 0.5) is 0 Å². The molecule has 15 heavy (non-hydrogen) atoms. The number of furan rings is 1. The van der Waals surface area contributed by atoms with Crippen molar-refractivity contribution in [1.82, 2.24) is 5.32 Å². The molecule has 2 rings (SSSR count). The molecule has 0 aliphatic carbocycles. The van der Waals surface area contributed by atoms with E-state index in [1.807, 2.05) is 6.07 Å². The predicted octanol–water partition coefficient (Wildman–Crippen LogP) is 2.82. The van der Waals surface area contributed by atoms with E-state index >= 15 is 0 Å². The van der Waals surface area contributed by atoms with Gasteiger partial charge in [-0.3, -0.25) is 0 Å². The minimum absolute atomic E-state index is 0.876. The van der Waals surface area contributed by atoms with E-state index in [1.165, 1.54) is 29.9 Å². The van der Waals surface area contributed by atoms with Gasteiger partial charge < -0.3 is 9.73 Å². The summed E-state index contributed by atoms with van der Waals surface area (Å²) in [5, 5.41) is 3.50. The Morgan fingerprint density at radius 1 is 1.47 bits per heavy atom. The first-order valence-electron chi connectivity index (χ1n) is 5.67. The second-order valence-corrected chi connectivity index (χ2v) is 5.44. The van der Waals surface area contributed by atoms with Gasteiger partial charge in [0.2, 0.25) is 0 Å². The molecular formula is C12H19NOS. The van der Waals surface area contributed by atoms with Gasteiger partial charge >= 0.3 is 0 Å². The quantitative estimate of drug-likeness (QED) is 0.853. The zero-order valence-electron chi connectivity index (χ0n) is 9.29. The number of hydrogen-bond acceptors (Lipinski definition) is 3. The number of rotatable bonds is 4. The highest BCUT2D eigenvalue weighted by molar-refractivity contribution is 7.99. The lowest BCUT2D eigenvalue weighted by atomic mass is 10.0. The molecule has 1 aromatic rings. The molecule has 0 saturated carbocycles. The van der Waals surface area contributed by atoms with E-state index in [4.69, 9.17) is 4.42 Å². The molecule has 0 radical (unpaired) electrons. The summed E-state index contributed by atoms with van der Waals surface area (Å²) in [6.45, 7) is 4.11. The Bertz CT molecular complexity index is 292. The molecule has 1 fully saturated rings. The Balaban J connectivity index is 1.68. The van der Waals surface area contributed by atoms with Gasteiger partial charge in [-0.05, 0) is 55.4 Å². The molecule has 0 aromatic carbocycles. The standard InChI is InChI=1S/C12H19NOS/c1-10-2-5-14-12(10)9-13-8-11-3-6-15-7-4-11/h2,5,11,13H,3-4,6-9H2,1H3. The number of thioether (sulfide) groups is 1. The van der Waals surface area contributed by atoms with Gasteiger partial charge in [0.15, 0.2) is 0 Å². The van der Waals surface area contributed by atoms with E-state index in [0.717, 1.165) is 24.8 Å². The van der Waals surface area contributed by atoms with Crippen LogP contribution in [0, 0.1) is 12.8 Å². The minimum atomic E-state index is 0.876. The van der Waals surface area contributed by atoms with Crippen LogP contribution in [0.2, 0.25) is 0 Å². The summed E-state index contributed by atoms with van der Waals surface area (Å²) in [6, 6.07) is 2.02. The zero-order valence-corrected chi connectivity index (χ0v) is 10.1. The van der Waals surface area contributed by atoms with Crippen LogP contribution in [0.1, 0.15) is 24.2 Å². The molecule has 1 N–H and O–H groups in total. The van der Waals surface area contributed by atoms with E-state index in [-0.39, 0.29) is 0 Å². The maximum Gasteiger partial charge on any atom is 0.120 e. The predicted molar refractivity (Wildman–Crippen MR) is 65.2 cm³/mol. The molecule has 0 bridgehead atoms. The summed E-state index contributed by atoms with van der Waals surface area (Å²) in [5.41, 5.74) is 1.25. The third-order valence-electron chi connectivity index (χ3n) is 3.03. The molecule has 1 saturated heterocycles. The number of aryl methyl sites for hydroxylation is 1. The fourth-order valence-electron chi connectivity index (χ4n) is 1.93. The molecule has 2 nitrogen and oxygen atoms in total.